The molecule has 0 bridgehead atoms. The predicted octanol–water partition coefficient (Wildman–Crippen LogP) is 2.21. The van der Waals surface area contributed by atoms with Crippen molar-refractivity contribution >= 4 is 42.1 Å². The first-order valence-corrected chi connectivity index (χ1v) is 9.67. The fourth-order valence-electron chi connectivity index (χ4n) is 2.05. The third-order valence-electron chi connectivity index (χ3n) is 2.75. The van der Waals surface area contributed by atoms with Gasteiger partial charge in [-0.05, 0) is 26.0 Å². The van der Waals surface area contributed by atoms with Crippen LogP contribution < -0.4 is 5.14 Å². The van der Waals surface area contributed by atoms with Crippen LogP contribution in [0.15, 0.2) is 28.3 Å². The first-order chi connectivity index (χ1) is 10.1. The highest BCUT2D eigenvalue weighted by atomic mass is 32.2. The van der Waals surface area contributed by atoms with E-state index in [1.807, 2.05) is 11.0 Å². The number of nitrogens with two attached hydrogens (primary N) is 1. The maximum Gasteiger partial charge on any atom is 0.247 e. The second kappa shape index (κ2) is 6.55. The molecule has 0 aliphatic heterocycles. The number of allylic oxidation sites excluding steroid dienone is 1. The quantitative estimate of drug-likeness (QED) is 0.684. The molecule has 1 atom stereocenters. The van der Waals surface area contributed by atoms with Gasteiger partial charge < -0.3 is 15.1 Å². The second-order valence-corrected chi connectivity index (χ2v) is 9.35. The molecular weight excluding hydrogens is 344 g/mol. The van der Waals surface area contributed by atoms with E-state index in [4.69, 9.17) is 5.14 Å². The van der Waals surface area contributed by atoms with Crippen molar-refractivity contribution in [3.63, 3.8) is 0 Å². The molecule has 0 aromatic carbocycles. The molecule has 0 aliphatic carbocycles. The molecule has 2 aromatic rings. The van der Waals surface area contributed by atoms with Crippen LogP contribution in [0, 0.1) is 0 Å². The summed E-state index contributed by atoms with van der Waals surface area (Å²) in [5.74, 6) is 0.163. The van der Waals surface area contributed by atoms with E-state index in [1.54, 1.807) is 26.1 Å². The van der Waals surface area contributed by atoms with Crippen LogP contribution >= 0.6 is 22.7 Å². The Morgan fingerprint density at radius 2 is 2.14 bits per heavy atom. The minimum Gasteiger partial charge on any atom is -0.511 e. The molecule has 2 heterocycles. The number of aliphatic hydroxyl groups is 2. The summed E-state index contributed by atoms with van der Waals surface area (Å²) in [4.78, 5) is 2.83. The van der Waals surface area contributed by atoms with Gasteiger partial charge in [-0.25, -0.2) is 13.6 Å². The third kappa shape index (κ3) is 4.43. The maximum absolute atomic E-state index is 11.3. The molecule has 0 spiro atoms. The Morgan fingerprint density at radius 3 is 2.64 bits per heavy atom. The van der Waals surface area contributed by atoms with Gasteiger partial charge in [0.25, 0.3) is 0 Å². The lowest BCUT2D eigenvalue weighted by Gasteiger charge is -2.21. The Bertz CT molecular complexity index is 754. The molecule has 0 saturated heterocycles. The summed E-state index contributed by atoms with van der Waals surface area (Å²) in [5.41, 5.74) is 0. The summed E-state index contributed by atoms with van der Waals surface area (Å²) < 4.78 is 23.7. The van der Waals surface area contributed by atoms with Crippen molar-refractivity contribution in [3.05, 3.63) is 29.0 Å². The van der Waals surface area contributed by atoms with Crippen molar-refractivity contribution in [2.75, 3.05) is 6.54 Å². The van der Waals surface area contributed by atoms with Gasteiger partial charge in [-0.2, -0.15) is 0 Å². The number of thiophene rings is 2. The molecule has 1 unspecified atom stereocenters. The molecule has 0 radical (unpaired) electrons. The number of nitrogens with zero attached hydrogens (tertiary/aromatic N) is 1. The number of aliphatic hydroxyl groups excluding tert-OH is 2. The molecule has 2 aromatic heterocycles. The summed E-state index contributed by atoms with van der Waals surface area (Å²) in [5, 5.41) is 24.9. The first kappa shape index (κ1) is 17.2. The molecule has 122 valence electrons. The smallest absolute Gasteiger partial charge is 0.247 e. The van der Waals surface area contributed by atoms with Gasteiger partial charge in [-0.15, -0.1) is 22.7 Å². The van der Waals surface area contributed by atoms with E-state index in [-0.39, 0.29) is 9.97 Å². The van der Waals surface area contributed by atoms with E-state index in [9.17, 15) is 18.6 Å². The van der Waals surface area contributed by atoms with Crippen LogP contribution in [0.5, 0.6) is 0 Å². The monoisotopic (exact) mass is 362 g/mol. The summed E-state index contributed by atoms with van der Waals surface area (Å²) in [6.45, 7) is 4.17. The van der Waals surface area contributed by atoms with E-state index in [1.165, 1.54) is 11.3 Å². The molecule has 9 heteroatoms. The molecule has 2 rings (SSSR count). The van der Waals surface area contributed by atoms with Gasteiger partial charge in [0.05, 0.1) is 16.7 Å². The SMILES string of the molecule is C/C(O)=C/N(Cc1cc2cc(S(N)(=O)=O)sc2s1)CC(C)O. The number of rotatable bonds is 6. The summed E-state index contributed by atoms with van der Waals surface area (Å²) in [6.07, 6.45) is 1.06. The average Bonchev–Trinajstić information content (AvgIpc) is 2.83. The minimum atomic E-state index is -3.66. The Morgan fingerprint density at radius 1 is 1.45 bits per heavy atom. The summed E-state index contributed by atoms with van der Waals surface area (Å²) in [6, 6.07) is 3.47. The van der Waals surface area contributed by atoms with Gasteiger partial charge in [0.1, 0.15) is 9.97 Å². The second-order valence-electron chi connectivity index (χ2n) is 5.11. The molecule has 0 amide bonds. The molecule has 0 fully saturated rings. The van der Waals surface area contributed by atoms with Gasteiger partial charge >= 0.3 is 0 Å². The third-order valence-corrected chi connectivity index (χ3v) is 6.55. The molecule has 22 heavy (non-hydrogen) atoms. The molecular formula is C13H18N2O4S3. The summed E-state index contributed by atoms with van der Waals surface area (Å²) in [7, 11) is -3.66. The molecule has 0 saturated carbocycles. The fourth-order valence-corrected chi connectivity index (χ4v) is 5.47. The van der Waals surface area contributed by atoms with Gasteiger partial charge in [0.2, 0.25) is 10.0 Å². The standard InChI is InChI=1S/C13H18N2O4S3/c1-8(16)5-15(6-9(2)17)7-11-3-10-4-12(22(14,18)19)21-13(10)20-11/h3-5,9,16-17H,6-7H2,1-2H3,(H2,14,18,19)/b8-5-. The average molecular weight is 362 g/mol. The number of hydrogen-bond donors (Lipinski definition) is 3. The highest BCUT2D eigenvalue weighted by Gasteiger charge is 2.15. The van der Waals surface area contributed by atoms with E-state index in [0.29, 0.717) is 13.1 Å². The van der Waals surface area contributed by atoms with Gasteiger partial charge in [0.15, 0.2) is 0 Å². The van der Waals surface area contributed by atoms with Gasteiger partial charge in [-0.1, -0.05) is 0 Å². The highest BCUT2D eigenvalue weighted by molar-refractivity contribution is 7.91. The van der Waals surface area contributed by atoms with Crippen molar-refractivity contribution in [2.45, 2.75) is 30.7 Å². The lowest BCUT2D eigenvalue weighted by molar-refractivity contribution is 0.146. The molecule has 6 nitrogen and oxygen atoms in total. The molecule has 4 N–H and O–H groups in total. The van der Waals surface area contributed by atoms with E-state index in [2.05, 4.69) is 0 Å². The number of hydrogen-bond acceptors (Lipinski definition) is 7. The van der Waals surface area contributed by atoms with Crippen LogP contribution in [0.3, 0.4) is 0 Å². The molecule has 0 aliphatic rings. The number of sulfonamides is 1. The number of fused-ring (bicyclic) bond motifs is 1. The normalized spacial score (nSPS) is 14.5. The van der Waals surface area contributed by atoms with E-state index < -0.39 is 16.1 Å². The maximum atomic E-state index is 11.3. The van der Waals surface area contributed by atoms with Crippen LogP contribution in [-0.4, -0.2) is 36.2 Å². The van der Waals surface area contributed by atoms with Crippen molar-refractivity contribution in [3.8, 4) is 0 Å². The Balaban J connectivity index is 2.23. The lowest BCUT2D eigenvalue weighted by atomic mass is 10.3. The topological polar surface area (TPSA) is 104 Å². The van der Waals surface area contributed by atoms with Gasteiger partial charge in [-0.3, -0.25) is 0 Å². The largest absolute Gasteiger partial charge is 0.511 e. The van der Waals surface area contributed by atoms with Crippen LogP contribution in [-0.2, 0) is 16.6 Å². The lowest BCUT2D eigenvalue weighted by Crippen LogP contribution is -2.26. The van der Waals surface area contributed by atoms with Crippen LogP contribution in [0.2, 0.25) is 0 Å². The zero-order valence-corrected chi connectivity index (χ0v) is 14.6. The fraction of sp³-hybridized carbons (Fsp3) is 0.385. The van der Waals surface area contributed by atoms with Crippen LogP contribution in [0.4, 0.5) is 0 Å². The van der Waals surface area contributed by atoms with Crippen molar-refractivity contribution in [2.24, 2.45) is 5.14 Å². The number of primary sulfonamides is 1. The Kier molecular flexibility index (Phi) is 5.13. The Hall–Kier alpha value is -1.13. The minimum absolute atomic E-state index is 0.159. The van der Waals surface area contributed by atoms with E-state index in [0.717, 1.165) is 25.6 Å². The van der Waals surface area contributed by atoms with Crippen LogP contribution in [0.1, 0.15) is 18.7 Å². The summed E-state index contributed by atoms with van der Waals surface area (Å²) >= 11 is 2.63. The van der Waals surface area contributed by atoms with Crippen molar-refractivity contribution in [1.82, 2.24) is 4.90 Å². The highest BCUT2D eigenvalue weighted by Crippen LogP contribution is 2.35. The van der Waals surface area contributed by atoms with E-state index >= 15 is 0 Å². The van der Waals surface area contributed by atoms with Crippen molar-refractivity contribution in [1.29, 1.82) is 0 Å². The first-order valence-electron chi connectivity index (χ1n) is 6.49. The van der Waals surface area contributed by atoms with Crippen LogP contribution in [0.25, 0.3) is 9.40 Å². The van der Waals surface area contributed by atoms with Gasteiger partial charge in [0, 0.05) is 23.0 Å². The van der Waals surface area contributed by atoms with Crippen molar-refractivity contribution < 1.29 is 18.6 Å². The zero-order chi connectivity index (χ0) is 16.5. The zero-order valence-electron chi connectivity index (χ0n) is 12.2. The Labute approximate surface area is 137 Å². The predicted molar refractivity (Wildman–Crippen MR) is 89.6 cm³/mol.